The number of rotatable bonds is 5. The Morgan fingerprint density at radius 2 is 2.12 bits per heavy atom. The van der Waals surface area contributed by atoms with Gasteiger partial charge in [-0.05, 0) is 18.2 Å². The van der Waals surface area contributed by atoms with Gasteiger partial charge in [0.05, 0.1) is 28.4 Å². The van der Waals surface area contributed by atoms with Crippen LogP contribution in [-0.2, 0) is 11.2 Å². The smallest absolute Gasteiger partial charge is 0.232 e. The van der Waals surface area contributed by atoms with Gasteiger partial charge in [-0.25, -0.2) is 9.97 Å². The van der Waals surface area contributed by atoms with Crippen molar-refractivity contribution in [2.24, 2.45) is 0 Å². The summed E-state index contributed by atoms with van der Waals surface area (Å²) in [7, 11) is 0. The number of furan rings is 1. The van der Waals surface area contributed by atoms with Crippen LogP contribution in [0.15, 0.2) is 39.6 Å². The monoisotopic (exact) mass is 441 g/mol. The summed E-state index contributed by atoms with van der Waals surface area (Å²) < 4.78 is 6.48. The molecule has 0 aliphatic rings. The van der Waals surface area contributed by atoms with E-state index in [0.717, 1.165) is 10.6 Å². The van der Waals surface area contributed by atoms with E-state index in [0.29, 0.717) is 31.0 Å². The molecule has 4 aromatic rings. The average Bonchev–Trinajstić information content (AvgIpc) is 3.35. The van der Waals surface area contributed by atoms with E-state index in [2.05, 4.69) is 15.3 Å². The lowest BCUT2D eigenvalue weighted by molar-refractivity contribution is -0.115. The number of hydrogen-bond donors (Lipinski definition) is 1. The van der Waals surface area contributed by atoms with Crippen LogP contribution >= 0.6 is 57.2 Å². The Hall–Kier alpha value is -1.71. The largest absolute Gasteiger partial charge is 0.462 e. The highest BCUT2D eigenvalue weighted by Crippen LogP contribution is 2.39. The summed E-state index contributed by atoms with van der Waals surface area (Å²) >= 11 is 16.2. The normalized spacial score (nSPS) is 11.0. The standard InChI is InChI=1S/C16H9Cl2N3O2S3/c17-12-5-9(14(18)26-12)10-7-25-16(20-10)21-13(22)4-8-6-24-15(19-8)11-2-1-3-23-11/h1-3,5-7H,4H2,(H,20,21,22). The molecule has 4 heterocycles. The first-order valence-electron chi connectivity index (χ1n) is 7.27. The number of carbonyl (C=O) groups excluding carboxylic acids is 1. The number of hydrogen-bond acceptors (Lipinski definition) is 7. The number of nitrogens with zero attached hydrogens (tertiary/aromatic N) is 2. The molecule has 0 aromatic carbocycles. The molecule has 132 valence electrons. The van der Waals surface area contributed by atoms with E-state index in [1.165, 1.54) is 34.0 Å². The van der Waals surface area contributed by atoms with Crippen LogP contribution in [0.25, 0.3) is 22.0 Å². The molecular weight excluding hydrogens is 433 g/mol. The van der Waals surface area contributed by atoms with Gasteiger partial charge in [0.1, 0.15) is 4.34 Å². The molecule has 26 heavy (non-hydrogen) atoms. The van der Waals surface area contributed by atoms with Crippen molar-refractivity contribution in [3.8, 4) is 22.0 Å². The van der Waals surface area contributed by atoms with Crippen LogP contribution in [0.2, 0.25) is 8.67 Å². The summed E-state index contributed by atoms with van der Waals surface area (Å²) in [4.78, 5) is 21.1. The predicted octanol–water partition coefficient (Wildman–Crippen LogP) is 6.08. The molecule has 0 bridgehead atoms. The lowest BCUT2D eigenvalue weighted by Crippen LogP contribution is -2.14. The van der Waals surface area contributed by atoms with E-state index in [-0.39, 0.29) is 12.3 Å². The summed E-state index contributed by atoms with van der Waals surface area (Å²) in [5.74, 6) is 0.508. The Labute approximate surface area is 170 Å². The Balaban J connectivity index is 1.42. The summed E-state index contributed by atoms with van der Waals surface area (Å²) in [6.45, 7) is 0. The fourth-order valence-corrected chi connectivity index (χ4v) is 5.19. The van der Waals surface area contributed by atoms with Gasteiger partial charge < -0.3 is 9.73 Å². The second kappa shape index (κ2) is 7.50. The topological polar surface area (TPSA) is 68.0 Å². The zero-order valence-corrected chi connectivity index (χ0v) is 16.8. The predicted molar refractivity (Wildman–Crippen MR) is 108 cm³/mol. The molecule has 4 rings (SSSR count). The molecule has 4 aromatic heterocycles. The molecule has 5 nitrogen and oxygen atoms in total. The average molecular weight is 442 g/mol. The highest BCUT2D eigenvalue weighted by molar-refractivity contribution is 7.20. The van der Waals surface area contributed by atoms with Crippen LogP contribution in [0.4, 0.5) is 5.13 Å². The molecule has 1 N–H and O–H groups in total. The summed E-state index contributed by atoms with van der Waals surface area (Å²) in [6, 6.07) is 5.40. The Morgan fingerprint density at radius 3 is 2.85 bits per heavy atom. The summed E-state index contributed by atoms with van der Waals surface area (Å²) in [5.41, 5.74) is 2.14. The molecule has 0 aliphatic heterocycles. The highest BCUT2D eigenvalue weighted by atomic mass is 35.5. The lowest BCUT2D eigenvalue weighted by atomic mass is 10.3. The summed E-state index contributed by atoms with van der Waals surface area (Å²) in [5, 5.41) is 7.72. The van der Waals surface area contributed by atoms with Gasteiger partial charge in [-0.15, -0.1) is 34.0 Å². The van der Waals surface area contributed by atoms with Crippen molar-refractivity contribution in [3.05, 3.63) is 49.6 Å². The zero-order valence-electron chi connectivity index (χ0n) is 12.9. The van der Waals surface area contributed by atoms with Gasteiger partial charge in [0.25, 0.3) is 0 Å². The number of halogens is 2. The minimum atomic E-state index is -0.184. The maximum absolute atomic E-state index is 12.2. The van der Waals surface area contributed by atoms with Gasteiger partial charge in [-0.2, -0.15) is 0 Å². The van der Waals surface area contributed by atoms with Crippen LogP contribution < -0.4 is 5.32 Å². The van der Waals surface area contributed by atoms with Gasteiger partial charge in [0.2, 0.25) is 5.91 Å². The molecular formula is C16H9Cl2N3O2S3. The Kier molecular flexibility index (Phi) is 5.10. The van der Waals surface area contributed by atoms with E-state index in [9.17, 15) is 4.79 Å². The van der Waals surface area contributed by atoms with E-state index in [1.54, 1.807) is 18.4 Å². The Bertz CT molecular complexity index is 1050. The fraction of sp³-hybridized carbons (Fsp3) is 0.0625. The molecule has 0 radical (unpaired) electrons. The van der Waals surface area contributed by atoms with Crippen molar-refractivity contribution in [2.45, 2.75) is 6.42 Å². The summed E-state index contributed by atoms with van der Waals surface area (Å²) in [6.07, 6.45) is 1.76. The SMILES string of the molecule is O=C(Cc1csc(-c2ccco2)n1)Nc1nc(-c2cc(Cl)sc2Cl)cs1. The molecule has 0 aliphatic carbocycles. The number of amides is 1. The van der Waals surface area contributed by atoms with Gasteiger partial charge >= 0.3 is 0 Å². The first-order valence-corrected chi connectivity index (χ1v) is 10.6. The second-order valence-electron chi connectivity index (χ2n) is 5.12. The number of nitrogens with one attached hydrogen (secondary N) is 1. The molecule has 0 saturated carbocycles. The van der Waals surface area contributed by atoms with Crippen LogP contribution in [0.3, 0.4) is 0 Å². The Morgan fingerprint density at radius 1 is 1.23 bits per heavy atom. The van der Waals surface area contributed by atoms with Crippen molar-refractivity contribution < 1.29 is 9.21 Å². The van der Waals surface area contributed by atoms with Crippen molar-refractivity contribution >= 4 is 68.3 Å². The van der Waals surface area contributed by atoms with E-state index >= 15 is 0 Å². The van der Waals surface area contributed by atoms with Crippen LogP contribution in [-0.4, -0.2) is 15.9 Å². The zero-order chi connectivity index (χ0) is 18.1. The lowest BCUT2D eigenvalue weighted by Gasteiger charge is -1.99. The number of anilines is 1. The first kappa shape index (κ1) is 17.7. The molecule has 0 fully saturated rings. The van der Waals surface area contributed by atoms with E-state index in [4.69, 9.17) is 27.6 Å². The first-order chi connectivity index (χ1) is 12.6. The van der Waals surface area contributed by atoms with Crippen LogP contribution in [0.1, 0.15) is 5.69 Å². The molecule has 10 heteroatoms. The third-order valence-corrected chi connectivity index (χ3v) is 6.46. The highest BCUT2D eigenvalue weighted by Gasteiger charge is 2.15. The van der Waals surface area contributed by atoms with Gasteiger partial charge in [-0.3, -0.25) is 4.79 Å². The van der Waals surface area contributed by atoms with Crippen LogP contribution in [0.5, 0.6) is 0 Å². The molecule has 1 amide bonds. The van der Waals surface area contributed by atoms with Gasteiger partial charge in [0, 0.05) is 16.3 Å². The number of aromatic nitrogens is 2. The van der Waals surface area contributed by atoms with E-state index in [1.807, 2.05) is 16.8 Å². The van der Waals surface area contributed by atoms with Crippen LogP contribution in [0, 0.1) is 0 Å². The minimum absolute atomic E-state index is 0.164. The maximum atomic E-state index is 12.2. The molecule has 0 unspecified atom stereocenters. The van der Waals surface area contributed by atoms with Crippen molar-refractivity contribution in [1.82, 2.24) is 9.97 Å². The molecule has 0 spiro atoms. The van der Waals surface area contributed by atoms with Crippen molar-refractivity contribution in [1.29, 1.82) is 0 Å². The fourth-order valence-electron chi connectivity index (χ4n) is 2.20. The van der Waals surface area contributed by atoms with Crippen molar-refractivity contribution in [3.63, 3.8) is 0 Å². The minimum Gasteiger partial charge on any atom is -0.462 e. The molecule has 0 saturated heterocycles. The van der Waals surface area contributed by atoms with Gasteiger partial charge in [0.15, 0.2) is 15.9 Å². The maximum Gasteiger partial charge on any atom is 0.232 e. The van der Waals surface area contributed by atoms with Gasteiger partial charge in [-0.1, -0.05) is 23.2 Å². The quantitative estimate of drug-likeness (QED) is 0.407. The third-order valence-electron chi connectivity index (χ3n) is 3.31. The molecule has 0 atom stereocenters. The van der Waals surface area contributed by atoms with Crippen molar-refractivity contribution in [2.75, 3.05) is 5.32 Å². The number of thiophene rings is 1. The number of thiazole rings is 2. The third kappa shape index (κ3) is 3.84. The number of carbonyl (C=O) groups is 1. The van der Waals surface area contributed by atoms with E-state index < -0.39 is 0 Å². The second-order valence-corrected chi connectivity index (χ2v) is 9.12.